The molecule has 1 saturated carbocycles. The van der Waals surface area contributed by atoms with E-state index in [1.54, 1.807) is 12.0 Å². The quantitative estimate of drug-likeness (QED) is 0.773. The van der Waals surface area contributed by atoms with E-state index in [2.05, 4.69) is 11.8 Å². The summed E-state index contributed by atoms with van der Waals surface area (Å²) in [5.74, 6) is 1.77. The zero-order valence-corrected chi connectivity index (χ0v) is 13.5. The molecule has 1 atom stereocenters. The van der Waals surface area contributed by atoms with Crippen molar-refractivity contribution in [3.8, 4) is 5.75 Å². The van der Waals surface area contributed by atoms with Crippen molar-refractivity contribution in [3.05, 3.63) is 29.8 Å². The Kier molecular flexibility index (Phi) is 5.23. The van der Waals surface area contributed by atoms with Crippen LogP contribution in [0.2, 0.25) is 0 Å². The van der Waals surface area contributed by atoms with E-state index in [9.17, 15) is 4.79 Å². The molecule has 1 aromatic carbocycles. The number of hydrogen-bond acceptors (Lipinski definition) is 3. The fourth-order valence-corrected chi connectivity index (χ4v) is 2.55. The van der Waals surface area contributed by atoms with Crippen LogP contribution >= 0.6 is 0 Å². The molecule has 1 amide bonds. The molecule has 2 rings (SSSR count). The Hall–Kier alpha value is -1.55. The lowest BCUT2D eigenvalue weighted by molar-refractivity contribution is -0.131. The predicted molar refractivity (Wildman–Crippen MR) is 84.3 cm³/mol. The number of ether oxygens (including phenoxy) is 1. The van der Waals surface area contributed by atoms with Gasteiger partial charge in [0.15, 0.2) is 0 Å². The summed E-state index contributed by atoms with van der Waals surface area (Å²) in [5, 5.41) is 0. The number of hydrogen-bond donors (Lipinski definition) is 0. The van der Waals surface area contributed by atoms with Gasteiger partial charge in [0.25, 0.3) is 0 Å². The molecule has 1 aliphatic rings. The normalized spacial score (nSPS) is 15.9. The molecule has 1 unspecified atom stereocenters. The lowest BCUT2D eigenvalue weighted by Gasteiger charge is -2.26. The minimum atomic E-state index is 0.160. The van der Waals surface area contributed by atoms with Gasteiger partial charge in [-0.05, 0) is 50.4 Å². The van der Waals surface area contributed by atoms with Crippen LogP contribution in [0, 0.1) is 5.92 Å². The van der Waals surface area contributed by atoms with Crippen molar-refractivity contribution < 1.29 is 9.53 Å². The van der Waals surface area contributed by atoms with Crippen LogP contribution in [0.4, 0.5) is 0 Å². The van der Waals surface area contributed by atoms with Crippen LogP contribution in [0.1, 0.15) is 25.3 Å². The Morgan fingerprint density at radius 3 is 2.71 bits per heavy atom. The standard InChI is InChI=1S/C17H26N2O2/c1-13(15-8-9-15)18(2)12-17(20)19(3)11-14-6-5-7-16(10-14)21-4/h5-7,10,13,15H,8-9,11-12H2,1-4H3. The molecular formula is C17H26N2O2. The maximum atomic E-state index is 12.3. The van der Waals surface area contributed by atoms with Crippen molar-refractivity contribution in [3.63, 3.8) is 0 Å². The molecule has 0 aliphatic heterocycles. The number of carbonyl (C=O) groups excluding carboxylic acids is 1. The Labute approximate surface area is 127 Å². The zero-order valence-electron chi connectivity index (χ0n) is 13.5. The van der Waals surface area contributed by atoms with Crippen LogP contribution in [0.15, 0.2) is 24.3 Å². The lowest BCUT2D eigenvalue weighted by atomic mass is 10.2. The first kappa shape index (κ1) is 15.8. The molecule has 0 heterocycles. The van der Waals surface area contributed by atoms with Crippen LogP contribution in [0.25, 0.3) is 0 Å². The second-order valence-corrected chi connectivity index (χ2v) is 6.09. The summed E-state index contributed by atoms with van der Waals surface area (Å²) in [4.78, 5) is 16.3. The highest BCUT2D eigenvalue weighted by atomic mass is 16.5. The minimum Gasteiger partial charge on any atom is -0.497 e. The molecule has 0 aromatic heterocycles. The SMILES string of the molecule is COc1cccc(CN(C)C(=O)CN(C)C(C)C2CC2)c1. The van der Waals surface area contributed by atoms with Gasteiger partial charge < -0.3 is 9.64 Å². The van der Waals surface area contributed by atoms with Gasteiger partial charge in [0.05, 0.1) is 13.7 Å². The molecule has 0 bridgehead atoms. The van der Waals surface area contributed by atoms with Gasteiger partial charge in [0, 0.05) is 19.6 Å². The topological polar surface area (TPSA) is 32.8 Å². The van der Waals surface area contributed by atoms with Gasteiger partial charge in [-0.15, -0.1) is 0 Å². The van der Waals surface area contributed by atoms with Gasteiger partial charge in [-0.1, -0.05) is 12.1 Å². The number of methoxy groups -OCH3 is 1. The third kappa shape index (κ3) is 4.46. The molecule has 1 aliphatic carbocycles. The van der Waals surface area contributed by atoms with Gasteiger partial charge in [-0.3, -0.25) is 9.69 Å². The Morgan fingerprint density at radius 1 is 1.38 bits per heavy atom. The van der Waals surface area contributed by atoms with Gasteiger partial charge in [-0.25, -0.2) is 0 Å². The van der Waals surface area contributed by atoms with Gasteiger partial charge >= 0.3 is 0 Å². The van der Waals surface area contributed by atoms with E-state index < -0.39 is 0 Å². The lowest BCUT2D eigenvalue weighted by Crippen LogP contribution is -2.40. The fraction of sp³-hybridized carbons (Fsp3) is 0.588. The van der Waals surface area contributed by atoms with Crippen LogP contribution in [-0.2, 0) is 11.3 Å². The maximum Gasteiger partial charge on any atom is 0.236 e. The molecule has 4 nitrogen and oxygen atoms in total. The van der Waals surface area contributed by atoms with Crippen LogP contribution in [-0.4, -0.2) is 49.5 Å². The van der Waals surface area contributed by atoms with Crippen LogP contribution in [0.3, 0.4) is 0 Å². The highest BCUT2D eigenvalue weighted by Crippen LogP contribution is 2.34. The highest BCUT2D eigenvalue weighted by molar-refractivity contribution is 5.78. The van der Waals surface area contributed by atoms with Crippen molar-refractivity contribution in [2.75, 3.05) is 27.7 Å². The number of nitrogens with zero attached hydrogens (tertiary/aromatic N) is 2. The predicted octanol–water partition coefficient (Wildman–Crippen LogP) is 2.38. The van der Waals surface area contributed by atoms with Crippen molar-refractivity contribution in [2.24, 2.45) is 5.92 Å². The Bertz CT molecular complexity index is 485. The summed E-state index contributed by atoms with van der Waals surface area (Å²) in [5.41, 5.74) is 1.09. The second kappa shape index (κ2) is 6.94. The largest absolute Gasteiger partial charge is 0.497 e. The second-order valence-electron chi connectivity index (χ2n) is 6.09. The average molecular weight is 290 g/mol. The van der Waals surface area contributed by atoms with E-state index >= 15 is 0 Å². The molecule has 1 fully saturated rings. The highest BCUT2D eigenvalue weighted by Gasteiger charge is 2.31. The number of rotatable bonds is 7. The van der Waals surface area contributed by atoms with Gasteiger partial charge in [-0.2, -0.15) is 0 Å². The molecule has 0 N–H and O–H groups in total. The summed E-state index contributed by atoms with van der Waals surface area (Å²) in [6.07, 6.45) is 2.61. The summed E-state index contributed by atoms with van der Waals surface area (Å²) in [6.45, 7) is 3.31. The number of benzene rings is 1. The third-order valence-corrected chi connectivity index (χ3v) is 4.36. The summed E-state index contributed by atoms with van der Waals surface area (Å²) in [6, 6.07) is 8.35. The van der Waals surface area contributed by atoms with Crippen molar-refractivity contribution in [1.82, 2.24) is 9.80 Å². The molecule has 0 saturated heterocycles. The Balaban J connectivity index is 1.86. The zero-order chi connectivity index (χ0) is 15.4. The smallest absolute Gasteiger partial charge is 0.236 e. The van der Waals surface area contributed by atoms with E-state index in [4.69, 9.17) is 4.74 Å². The summed E-state index contributed by atoms with van der Waals surface area (Å²) < 4.78 is 5.21. The minimum absolute atomic E-state index is 0.160. The Morgan fingerprint density at radius 2 is 2.10 bits per heavy atom. The molecular weight excluding hydrogens is 264 g/mol. The van der Waals surface area contributed by atoms with E-state index in [0.29, 0.717) is 19.1 Å². The molecule has 21 heavy (non-hydrogen) atoms. The summed E-state index contributed by atoms with van der Waals surface area (Å²) in [7, 11) is 5.56. The van der Waals surface area contributed by atoms with Crippen molar-refractivity contribution in [2.45, 2.75) is 32.4 Å². The van der Waals surface area contributed by atoms with E-state index in [1.807, 2.05) is 38.4 Å². The van der Waals surface area contributed by atoms with E-state index in [1.165, 1.54) is 12.8 Å². The molecule has 4 heteroatoms. The van der Waals surface area contributed by atoms with Crippen molar-refractivity contribution in [1.29, 1.82) is 0 Å². The molecule has 0 spiro atoms. The first-order chi connectivity index (χ1) is 10.0. The number of carbonyl (C=O) groups is 1. The monoisotopic (exact) mass is 290 g/mol. The van der Waals surface area contributed by atoms with Crippen LogP contribution in [0.5, 0.6) is 5.75 Å². The molecule has 0 radical (unpaired) electrons. The molecule has 1 aromatic rings. The fourth-order valence-electron chi connectivity index (χ4n) is 2.55. The number of likely N-dealkylation sites (N-methyl/N-ethyl adjacent to an activating group) is 2. The molecule has 116 valence electrons. The van der Waals surface area contributed by atoms with Crippen LogP contribution < -0.4 is 4.74 Å². The van der Waals surface area contributed by atoms with E-state index in [-0.39, 0.29) is 5.91 Å². The van der Waals surface area contributed by atoms with Crippen molar-refractivity contribution >= 4 is 5.91 Å². The third-order valence-electron chi connectivity index (χ3n) is 4.36. The first-order valence-corrected chi connectivity index (χ1v) is 7.58. The average Bonchev–Trinajstić information content (AvgIpc) is 3.31. The maximum absolute atomic E-state index is 12.3. The van der Waals surface area contributed by atoms with Gasteiger partial charge in [0.1, 0.15) is 5.75 Å². The first-order valence-electron chi connectivity index (χ1n) is 7.58. The number of amides is 1. The van der Waals surface area contributed by atoms with Gasteiger partial charge in [0.2, 0.25) is 5.91 Å². The summed E-state index contributed by atoms with van der Waals surface area (Å²) >= 11 is 0. The van der Waals surface area contributed by atoms with E-state index in [0.717, 1.165) is 17.2 Å².